The van der Waals surface area contributed by atoms with Crippen LogP contribution in [-0.2, 0) is 16.9 Å². The summed E-state index contributed by atoms with van der Waals surface area (Å²) in [6.45, 7) is 0.185. The van der Waals surface area contributed by atoms with E-state index in [1.54, 1.807) is 48.5 Å². The lowest BCUT2D eigenvalue weighted by Gasteiger charge is -2.23. The molecule has 3 aromatic rings. The van der Waals surface area contributed by atoms with Crippen LogP contribution in [0.15, 0.2) is 71.2 Å². The third-order valence-corrected chi connectivity index (χ3v) is 6.28. The van der Waals surface area contributed by atoms with Gasteiger partial charge in [-0.25, -0.2) is 0 Å². The molecule has 30 heavy (non-hydrogen) atoms. The molecule has 0 aliphatic carbocycles. The topological polar surface area (TPSA) is 57.6 Å². The third-order valence-electron chi connectivity index (χ3n) is 5.16. The van der Waals surface area contributed by atoms with E-state index in [1.807, 2.05) is 18.2 Å². The van der Waals surface area contributed by atoms with Crippen molar-refractivity contribution >= 4 is 56.5 Å². The predicted molar refractivity (Wildman–Crippen MR) is 121 cm³/mol. The first-order valence-corrected chi connectivity index (χ1v) is 10.7. The molecule has 1 atom stereocenters. The van der Waals surface area contributed by atoms with Gasteiger partial charge in [-0.2, -0.15) is 0 Å². The fraction of sp³-hybridized carbons (Fsp3) is 0.130. The Hall–Kier alpha value is -2.18. The molecule has 0 bridgehead atoms. The number of anilines is 1. The maximum atomic E-state index is 13.4. The van der Waals surface area contributed by atoms with E-state index in [0.717, 1.165) is 5.56 Å². The molecule has 1 heterocycles. The summed E-state index contributed by atoms with van der Waals surface area (Å²) in [5, 5.41) is 12.5. The number of aliphatic hydroxyl groups is 1. The van der Waals surface area contributed by atoms with Crippen LogP contribution in [0.2, 0.25) is 10.0 Å². The van der Waals surface area contributed by atoms with Crippen molar-refractivity contribution in [2.45, 2.75) is 18.6 Å². The Morgan fingerprint density at radius 2 is 1.73 bits per heavy atom. The van der Waals surface area contributed by atoms with Gasteiger partial charge in [0.2, 0.25) is 0 Å². The number of hydrogen-bond acceptors (Lipinski definition) is 3. The number of hydrogen-bond donors (Lipinski definition) is 1. The molecule has 4 nitrogen and oxygen atoms in total. The van der Waals surface area contributed by atoms with Crippen LogP contribution in [0.3, 0.4) is 0 Å². The molecule has 0 spiro atoms. The Morgan fingerprint density at radius 1 is 1.03 bits per heavy atom. The highest BCUT2D eigenvalue weighted by atomic mass is 79.9. The van der Waals surface area contributed by atoms with Crippen LogP contribution in [-0.4, -0.2) is 16.8 Å². The summed E-state index contributed by atoms with van der Waals surface area (Å²) in [5.41, 5.74) is 0.0824. The largest absolute Gasteiger partial charge is 0.375 e. The van der Waals surface area contributed by atoms with E-state index >= 15 is 0 Å². The summed E-state index contributed by atoms with van der Waals surface area (Å²) < 4.78 is 0.700. The number of Topliss-reactive ketones (excluding diaryl/α,β-unsaturated/α-hetero) is 1. The van der Waals surface area contributed by atoms with Crippen LogP contribution in [0, 0.1) is 0 Å². The van der Waals surface area contributed by atoms with Gasteiger partial charge in [-0.15, -0.1) is 0 Å². The van der Waals surface area contributed by atoms with Gasteiger partial charge in [0.05, 0.1) is 18.7 Å². The first kappa shape index (κ1) is 21.1. The molecule has 1 aliphatic heterocycles. The van der Waals surface area contributed by atoms with Gasteiger partial charge in [-0.3, -0.25) is 9.59 Å². The zero-order chi connectivity index (χ0) is 21.5. The second kappa shape index (κ2) is 8.16. The highest BCUT2D eigenvalue weighted by Crippen LogP contribution is 2.45. The molecular weight excluding hydrogens is 489 g/mol. The summed E-state index contributed by atoms with van der Waals surface area (Å²) >= 11 is 15.6. The molecular formula is C23H16BrCl2NO3. The van der Waals surface area contributed by atoms with E-state index in [9.17, 15) is 14.7 Å². The monoisotopic (exact) mass is 503 g/mol. The van der Waals surface area contributed by atoms with Gasteiger partial charge < -0.3 is 10.0 Å². The molecule has 0 unspecified atom stereocenters. The molecule has 0 aromatic heterocycles. The van der Waals surface area contributed by atoms with Crippen LogP contribution in [0.1, 0.15) is 27.9 Å². The van der Waals surface area contributed by atoms with Gasteiger partial charge in [0.15, 0.2) is 11.4 Å². The zero-order valence-electron chi connectivity index (χ0n) is 15.6. The number of benzene rings is 3. The van der Waals surface area contributed by atoms with E-state index in [0.29, 0.717) is 31.3 Å². The second-order valence-electron chi connectivity index (χ2n) is 7.11. The van der Waals surface area contributed by atoms with Crippen molar-refractivity contribution in [3.63, 3.8) is 0 Å². The average Bonchev–Trinajstić information content (AvgIpc) is 2.91. The standard InChI is InChI=1S/C23H16BrCl2NO3/c24-16-7-10-20-18(11-16)23(30,12-21(28)14-5-8-17(25)9-6-14)22(29)27(20)13-15-3-1-2-4-19(15)26/h1-11,30H,12-13H2/t23-/m1/s1. The first-order valence-electron chi connectivity index (χ1n) is 9.16. The summed E-state index contributed by atoms with van der Waals surface area (Å²) in [6.07, 6.45) is -0.379. The molecule has 1 amide bonds. The van der Waals surface area contributed by atoms with Crippen LogP contribution in [0.25, 0.3) is 0 Å². The van der Waals surface area contributed by atoms with Crippen molar-refractivity contribution in [3.8, 4) is 0 Å². The van der Waals surface area contributed by atoms with Gasteiger partial charge in [-0.1, -0.05) is 57.3 Å². The Kier molecular flexibility index (Phi) is 5.73. The zero-order valence-corrected chi connectivity index (χ0v) is 18.7. The van der Waals surface area contributed by atoms with Crippen molar-refractivity contribution in [1.29, 1.82) is 0 Å². The molecule has 7 heteroatoms. The summed E-state index contributed by atoms with van der Waals surface area (Å²) in [4.78, 5) is 27.7. The summed E-state index contributed by atoms with van der Waals surface area (Å²) in [7, 11) is 0. The molecule has 0 saturated heterocycles. The van der Waals surface area contributed by atoms with Crippen LogP contribution < -0.4 is 4.90 Å². The van der Waals surface area contributed by atoms with Gasteiger partial charge in [0.1, 0.15) is 0 Å². The van der Waals surface area contributed by atoms with Crippen LogP contribution >= 0.6 is 39.1 Å². The average molecular weight is 505 g/mol. The number of rotatable bonds is 5. The van der Waals surface area contributed by atoms with Gasteiger partial charge in [-0.05, 0) is 54.1 Å². The van der Waals surface area contributed by atoms with Gasteiger partial charge in [0.25, 0.3) is 5.91 Å². The molecule has 0 saturated carbocycles. The lowest BCUT2D eigenvalue weighted by Crippen LogP contribution is -2.41. The lowest BCUT2D eigenvalue weighted by atomic mass is 9.88. The van der Waals surface area contributed by atoms with Crippen molar-refractivity contribution in [3.05, 3.63) is 97.9 Å². The third kappa shape index (κ3) is 3.79. The molecule has 4 rings (SSSR count). The fourth-order valence-electron chi connectivity index (χ4n) is 3.62. The highest BCUT2D eigenvalue weighted by molar-refractivity contribution is 9.10. The number of amides is 1. The molecule has 0 radical (unpaired) electrons. The minimum atomic E-state index is -1.98. The maximum Gasteiger partial charge on any atom is 0.264 e. The smallest absolute Gasteiger partial charge is 0.264 e. The highest BCUT2D eigenvalue weighted by Gasteiger charge is 2.51. The van der Waals surface area contributed by atoms with Crippen molar-refractivity contribution in [2.75, 3.05) is 4.90 Å². The van der Waals surface area contributed by atoms with Crippen LogP contribution in [0.4, 0.5) is 5.69 Å². The predicted octanol–water partition coefficient (Wildman–Crippen LogP) is 5.76. The summed E-state index contributed by atoms with van der Waals surface area (Å²) in [5.74, 6) is -0.911. The van der Waals surface area contributed by atoms with Gasteiger partial charge >= 0.3 is 0 Å². The van der Waals surface area contributed by atoms with E-state index in [4.69, 9.17) is 23.2 Å². The summed E-state index contributed by atoms with van der Waals surface area (Å²) in [6, 6.07) is 18.8. The Balaban J connectivity index is 1.72. The van der Waals surface area contributed by atoms with E-state index in [-0.39, 0.29) is 18.7 Å². The number of carbonyl (C=O) groups excluding carboxylic acids is 2. The maximum absolute atomic E-state index is 13.4. The number of carbonyl (C=O) groups is 2. The Morgan fingerprint density at radius 3 is 2.43 bits per heavy atom. The van der Waals surface area contributed by atoms with E-state index in [2.05, 4.69) is 15.9 Å². The minimum Gasteiger partial charge on any atom is -0.375 e. The van der Waals surface area contributed by atoms with Crippen molar-refractivity contribution < 1.29 is 14.7 Å². The molecule has 1 N–H and O–H groups in total. The van der Waals surface area contributed by atoms with Crippen molar-refractivity contribution in [2.24, 2.45) is 0 Å². The molecule has 1 aliphatic rings. The molecule has 0 fully saturated rings. The number of nitrogens with zero attached hydrogens (tertiary/aromatic N) is 1. The molecule has 152 valence electrons. The van der Waals surface area contributed by atoms with E-state index < -0.39 is 11.5 Å². The van der Waals surface area contributed by atoms with E-state index in [1.165, 1.54) is 4.90 Å². The fourth-order valence-corrected chi connectivity index (χ4v) is 4.30. The van der Waals surface area contributed by atoms with Crippen LogP contribution in [0.5, 0.6) is 0 Å². The minimum absolute atomic E-state index is 0.185. The molecule has 3 aromatic carbocycles. The van der Waals surface area contributed by atoms with Gasteiger partial charge in [0, 0.05) is 25.6 Å². The lowest BCUT2D eigenvalue weighted by molar-refractivity contribution is -0.136. The SMILES string of the molecule is O=C(C[C@]1(O)C(=O)N(Cc2ccccc2Cl)c2ccc(Br)cc21)c1ccc(Cl)cc1. The second-order valence-corrected chi connectivity index (χ2v) is 8.87. The Labute approximate surface area is 192 Å². The number of halogens is 3. The first-order chi connectivity index (χ1) is 14.3. The normalized spacial score (nSPS) is 17.9. The quantitative estimate of drug-likeness (QED) is 0.449. The number of ketones is 1. The number of fused-ring (bicyclic) bond motifs is 1. The van der Waals surface area contributed by atoms with Crippen molar-refractivity contribution in [1.82, 2.24) is 0 Å². The Bertz CT molecular complexity index is 1150.